The van der Waals surface area contributed by atoms with Crippen molar-refractivity contribution in [1.82, 2.24) is 20.2 Å². The molecule has 0 saturated carbocycles. The van der Waals surface area contributed by atoms with Crippen LogP contribution in [0.1, 0.15) is 24.6 Å². The Morgan fingerprint density at radius 2 is 2.04 bits per heavy atom. The first-order chi connectivity index (χ1) is 11.1. The highest BCUT2D eigenvalue weighted by atomic mass is 16.2. The lowest BCUT2D eigenvalue weighted by molar-refractivity contribution is -0.130. The predicted molar refractivity (Wildman–Crippen MR) is 86.0 cm³/mol. The van der Waals surface area contributed by atoms with E-state index in [0.29, 0.717) is 19.6 Å². The molecule has 2 aromatic heterocycles. The van der Waals surface area contributed by atoms with E-state index in [4.69, 9.17) is 0 Å². The summed E-state index contributed by atoms with van der Waals surface area (Å²) in [6.07, 6.45) is 5.35. The molecule has 6 nitrogen and oxygen atoms in total. The third-order valence-corrected chi connectivity index (χ3v) is 3.34. The van der Waals surface area contributed by atoms with Gasteiger partial charge < -0.3 is 10.2 Å². The van der Waals surface area contributed by atoms with Crippen LogP contribution >= 0.6 is 0 Å². The topological polar surface area (TPSA) is 75.2 Å². The molecule has 0 spiro atoms. The van der Waals surface area contributed by atoms with Gasteiger partial charge in [-0.25, -0.2) is 0 Å². The summed E-state index contributed by atoms with van der Waals surface area (Å²) in [6, 6.07) is 9.29. The van der Waals surface area contributed by atoms with Crippen LogP contribution < -0.4 is 5.32 Å². The van der Waals surface area contributed by atoms with Crippen molar-refractivity contribution in [3.63, 3.8) is 0 Å². The molecule has 0 aromatic carbocycles. The largest absolute Gasteiger partial charge is 0.350 e. The van der Waals surface area contributed by atoms with Crippen LogP contribution in [-0.4, -0.2) is 33.2 Å². The van der Waals surface area contributed by atoms with E-state index in [2.05, 4.69) is 15.3 Å². The number of carbonyl (C=O) groups excluding carboxylic acids is 2. The molecule has 2 aromatic rings. The van der Waals surface area contributed by atoms with E-state index < -0.39 is 0 Å². The Kier molecular flexibility index (Phi) is 6.23. The fourth-order valence-corrected chi connectivity index (χ4v) is 2.08. The maximum Gasteiger partial charge on any atom is 0.222 e. The number of pyridine rings is 2. The third kappa shape index (κ3) is 5.86. The van der Waals surface area contributed by atoms with Crippen LogP contribution in [0.2, 0.25) is 0 Å². The zero-order valence-corrected chi connectivity index (χ0v) is 13.1. The number of hydrogen-bond acceptors (Lipinski definition) is 4. The van der Waals surface area contributed by atoms with Crippen molar-refractivity contribution >= 4 is 11.8 Å². The lowest BCUT2D eigenvalue weighted by Gasteiger charge is -2.20. The van der Waals surface area contributed by atoms with Crippen LogP contribution in [0.25, 0.3) is 0 Å². The monoisotopic (exact) mass is 312 g/mol. The van der Waals surface area contributed by atoms with Gasteiger partial charge in [0.2, 0.25) is 11.8 Å². The summed E-state index contributed by atoms with van der Waals surface area (Å²) < 4.78 is 0. The van der Waals surface area contributed by atoms with Gasteiger partial charge in [0.15, 0.2) is 0 Å². The standard InChI is InChI=1S/C17H20N4O2/c1-14(22)21(13-15-5-4-8-18-11-15)10-7-17(23)20-12-16-6-2-3-9-19-16/h2-6,8-9,11H,7,10,12-13H2,1H3,(H,20,23). The molecule has 6 heteroatoms. The maximum absolute atomic E-state index is 11.9. The van der Waals surface area contributed by atoms with Gasteiger partial charge in [-0.15, -0.1) is 0 Å². The van der Waals surface area contributed by atoms with Gasteiger partial charge in [-0.2, -0.15) is 0 Å². The lowest BCUT2D eigenvalue weighted by atomic mass is 10.2. The van der Waals surface area contributed by atoms with Crippen LogP contribution in [0.5, 0.6) is 0 Å². The predicted octanol–water partition coefficient (Wildman–Crippen LogP) is 1.53. The second-order valence-electron chi connectivity index (χ2n) is 5.15. The molecule has 120 valence electrons. The molecule has 0 unspecified atom stereocenters. The number of nitrogens with one attached hydrogen (secondary N) is 1. The van der Waals surface area contributed by atoms with Crippen LogP contribution in [0.3, 0.4) is 0 Å². The van der Waals surface area contributed by atoms with Crippen molar-refractivity contribution in [2.45, 2.75) is 26.4 Å². The smallest absolute Gasteiger partial charge is 0.222 e. The number of carbonyl (C=O) groups is 2. The molecule has 0 fully saturated rings. The van der Waals surface area contributed by atoms with E-state index >= 15 is 0 Å². The molecular weight excluding hydrogens is 292 g/mol. The first-order valence-electron chi connectivity index (χ1n) is 7.46. The van der Waals surface area contributed by atoms with E-state index in [1.165, 1.54) is 6.92 Å². The fraction of sp³-hybridized carbons (Fsp3) is 0.294. The summed E-state index contributed by atoms with van der Waals surface area (Å²) in [5.41, 5.74) is 1.75. The Morgan fingerprint density at radius 3 is 2.70 bits per heavy atom. The molecule has 1 N–H and O–H groups in total. The van der Waals surface area contributed by atoms with E-state index in [0.717, 1.165) is 11.3 Å². The summed E-state index contributed by atoms with van der Waals surface area (Å²) in [4.78, 5) is 33.4. The molecular formula is C17H20N4O2. The maximum atomic E-state index is 11.9. The quantitative estimate of drug-likeness (QED) is 0.841. The second kappa shape index (κ2) is 8.63. The average Bonchev–Trinajstić information content (AvgIpc) is 2.58. The van der Waals surface area contributed by atoms with Gasteiger partial charge in [0.05, 0.1) is 12.2 Å². The Balaban J connectivity index is 1.79. The third-order valence-electron chi connectivity index (χ3n) is 3.34. The van der Waals surface area contributed by atoms with Crippen molar-refractivity contribution in [3.05, 3.63) is 60.2 Å². The number of rotatable bonds is 7. The van der Waals surface area contributed by atoms with Crippen molar-refractivity contribution in [3.8, 4) is 0 Å². The lowest BCUT2D eigenvalue weighted by Crippen LogP contribution is -2.33. The Bertz CT molecular complexity index is 632. The van der Waals surface area contributed by atoms with Gasteiger partial charge in [-0.1, -0.05) is 12.1 Å². The molecule has 0 aliphatic rings. The molecule has 23 heavy (non-hydrogen) atoms. The normalized spacial score (nSPS) is 10.1. The zero-order chi connectivity index (χ0) is 16.5. The summed E-state index contributed by atoms with van der Waals surface area (Å²) in [5.74, 6) is -0.167. The minimum absolute atomic E-state index is 0.0635. The van der Waals surface area contributed by atoms with E-state index in [1.807, 2.05) is 30.3 Å². The number of hydrogen-bond donors (Lipinski definition) is 1. The van der Waals surface area contributed by atoms with Crippen LogP contribution in [0.15, 0.2) is 48.9 Å². The summed E-state index contributed by atoms with van der Waals surface area (Å²) in [7, 11) is 0. The van der Waals surface area contributed by atoms with Crippen molar-refractivity contribution in [2.24, 2.45) is 0 Å². The van der Waals surface area contributed by atoms with Crippen LogP contribution in [0.4, 0.5) is 0 Å². The Hall–Kier alpha value is -2.76. The van der Waals surface area contributed by atoms with Gasteiger partial charge >= 0.3 is 0 Å². The van der Waals surface area contributed by atoms with Crippen LogP contribution in [-0.2, 0) is 22.7 Å². The Labute approximate surface area is 135 Å². The number of nitrogens with zero attached hydrogens (tertiary/aromatic N) is 3. The van der Waals surface area contributed by atoms with Gasteiger partial charge in [0.25, 0.3) is 0 Å². The second-order valence-corrected chi connectivity index (χ2v) is 5.15. The Morgan fingerprint density at radius 1 is 1.17 bits per heavy atom. The number of aromatic nitrogens is 2. The van der Waals surface area contributed by atoms with Gasteiger partial charge in [-0.05, 0) is 23.8 Å². The zero-order valence-electron chi connectivity index (χ0n) is 13.1. The SMILES string of the molecule is CC(=O)N(CCC(=O)NCc1ccccn1)Cc1cccnc1. The first kappa shape index (κ1) is 16.6. The molecule has 0 saturated heterocycles. The minimum atomic E-state index is -0.104. The van der Waals surface area contributed by atoms with Crippen molar-refractivity contribution < 1.29 is 9.59 Å². The van der Waals surface area contributed by atoms with E-state index in [9.17, 15) is 9.59 Å². The highest BCUT2D eigenvalue weighted by Gasteiger charge is 2.12. The van der Waals surface area contributed by atoms with Gasteiger partial charge in [-0.3, -0.25) is 19.6 Å². The highest BCUT2D eigenvalue weighted by Crippen LogP contribution is 2.04. The molecule has 2 amide bonds. The van der Waals surface area contributed by atoms with E-state index in [-0.39, 0.29) is 18.2 Å². The van der Waals surface area contributed by atoms with Crippen LogP contribution in [0, 0.1) is 0 Å². The fourth-order valence-electron chi connectivity index (χ4n) is 2.08. The molecule has 0 aliphatic carbocycles. The molecule has 2 rings (SSSR count). The number of amides is 2. The molecule has 2 heterocycles. The molecule has 0 radical (unpaired) electrons. The summed E-state index contributed by atoms with van der Waals surface area (Å²) in [5, 5.41) is 2.81. The molecule has 0 aliphatic heterocycles. The van der Waals surface area contributed by atoms with Gasteiger partial charge in [0.1, 0.15) is 0 Å². The van der Waals surface area contributed by atoms with E-state index in [1.54, 1.807) is 23.5 Å². The first-order valence-corrected chi connectivity index (χ1v) is 7.46. The van der Waals surface area contributed by atoms with Crippen molar-refractivity contribution in [2.75, 3.05) is 6.54 Å². The molecule has 0 bridgehead atoms. The molecule has 0 atom stereocenters. The van der Waals surface area contributed by atoms with Crippen molar-refractivity contribution in [1.29, 1.82) is 0 Å². The average molecular weight is 312 g/mol. The minimum Gasteiger partial charge on any atom is -0.350 e. The highest BCUT2D eigenvalue weighted by molar-refractivity contribution is 5.77. The van der Waals surface area contributed by atoms with Gasteiger partial charge in [0, 0.05) is 45.0 Å². The summed E-state index contributed by atoms with van der Waals surface area (Å²) in [6.45, 7) is 2.72. The summed E-state index contributed by atoms with van der Waals surface area (Å²) >= 11 is 0.